The van der Waals surface area contributed by atoms with Gasteiger partial charge in [-0.2, -0.15) is 5.10 Å². The normalized spacial score (nSPS) is 40.4. The van der Waals surface area contributed by atoms with Crippen LogP contribution in [0.3, 0.4) is 0 Å². The van der Waals surface area contributed by atoms with Crippen LogP contribution in [0.15, 0.2) is 5.10 Å². The summed E-state index contributed by atoms with van der Waals surface area (Å²) in [6.07, 6.45) is 13.4. The molecule has 4 saturated carbocycles. The van der Waals surface area contributed by atoms with E-state index in [1.165, 1.54) is 50.7 Å². The molecule has 224 valence electrons. The molecule has 0 radical (unpaired) electrons. The zero-order valence-electron chi connectivity index (χ0n) is 24.4. The van der Waals surface area contributed by atoms with Crippen LogP contribution in [0, 0.1) is 58.2 Å². The molecule has 38 heavy (non-hydrogen) atoms. The first-order valence-corrected chi connectivity index (χ1v) is 15.2. The molecule has 8 heteroatoms. The van der Waals surface area contributed by atoms with Crippen molar-refractivity contribution in [2.24, 2.45) is 69.0 Å². The summed E-state index contributed by atoms with van der Waals surface area (Å²) in [6, 6.07) is 0. The number of hydrazone groups is 1. The maximum Gasteiger partial charge on any atom is 2.00 e. The van der Waals surface area contributed by atoms with Gasteiger partial charge in [0.1, 0.15) is 0 Å². The average molecular weight is 770 g/mol. The van der Waals surface area contributed by atoms with Crippen molar-refractivity contribution < 1.29 is 51.0 Å². The largest absolute Gasteiger partial charge is 2.00 e. The third kappa shape index (κ3) is 6.96. The van der Waals surface area contributed by atoms with Crippen molar-refractivity contribution in [2.75, 3.05) is 0 Å². The summed E-state index contributed by atoms with van der Waals surface area (Å²) >= 11 is 5.09. The minimum Gasteiger partial charge on any atom is -1.00 e. The fourth-order valence-corrected chi connectivity index (χ4v) is 10.0. The van der Waals surface area contributed by atoms with Crippen LogP contribution in [-0.2, 0) is 21.1 Å². The average Bonchev–Trinajstić information content (AvgIpc) is 3.15. The molecule has 0 aromatic heterocycles. The molecule has 4 rings (SSSR count). The van der Waals surface area contributed by atoms with E-state index >= 15 is 0 Å². The number of fused-ring (bicyclic) bond motifs is 5. The van der Waals surface area contributed by atoms with Crippen LogP contribution >= 0.6 is 12.2 Å². The molecular formula is C30H53Cl2N3OPtS. The SMILES string of the molecule is CCC(CCC(C)[C@H]1CC[C@H]2[C@@H]3C/C(=N\NC(N)=S)C4C[C@@H](O)CC[C@]4(C)[C@H]3CC[C@]12C)C(C)C.[Cl-].[Cl-].[Pt+2]. The van der Waals surface area contributed by atoms with E-state index in [4.69, 9.17) is 23.1 Å². The number of aliphatic hydroxyl groups excluding tert-OH is 1. The number of aliphatic hydroxyl groups is 1. The summed E-state index contributed by atoms with van der Waals surface area (Å²) < 4.78 is 0. The van der Waals surface area contributed by atoms with E-state index in [1.54, 1.807) is 0 Å². The number of hydrogen-bond donors (Lipinski definition) is 3. The van der Waals surface area contributed by atoms with Crippen molar-refractivity contribution in [3.63, 3.8) is 0 Å². The standard InChI is InChI=1S/C30H53N3OS.2ClH.Pt/c1-7-20(18(2)3)9-8-19(4)23-10-11-24-22-17-27(32-33-28(31)35)26-16-21(34)12-14-30(26,6)25(22)13-15-29(23,24)5;;;/h18-26,34H,7-17H2,1-6H3,(H3,31,33,35);2*1H;/q;;;+2/p-2/b32-27+;;;/t19?,20?,21-,22-,23+,24-,25-,26?,29+,30+;;;/m0.../s1. The van der Waals surface area contributed by atoms with E-state index in [9.17, 15) is 5.11 Å². The van der Waals surface area contributed by atoms with E-state index in [0.29, 0.717) is 17.3 Å². The van der Waals surface area contributed by atoms with Gasteiger partial charge in [0.2, 0.25) is 0 Å². The molecule has 4 N–H and O–H groups in total. The van der Waals surface area contributed by atoms with Gasteiger partial charge in [-0.15, -0.1) is 0 Å². The van der Waals surface area contributed by atoms with Crippen molar-refractivity contribution in [3.05, 3.63) is 0 Å². The molecule has 0 aliphatic heterocycles. The Bertz CT molecular complexity index is 816. The van der Waals surface area contributed by atoms with Gasteiger partial charge in [-0.05, 0) is 122 Å². The summed E-state index contributed by atoms with van der Waals surface area (Å²) in [5, 5.41) is 15.6. The Balaban J connectivity index is 0.00000241. The monoisotopic (exact) mass is 768 g/mol. The third-order valence-electron chi connectivity index (χ3n) is 12.0. The van der Waals surface area contributed by atoms with E-state index < -0.39 is 0 Å². The number of nitrogens with two attached hydrogens (primary N) is 1. The first-order chi connectivity index (χ1) is 16.5. The fourth-order valence-electron chi connectivity index (χ4n) is 9.96. The summed E-state index contributed by atoms with van der Waals surface area (Å²) in [5.41, 5.74) is 10.6. The second-order valence-corrected chi connectivity index (χ2v) is 14.3. The van der Waals surface area contributed by atoms with Gasteiger partial charge in [0.15, 0.2) is 5.11 Å². The Morgan fingerprint density at radius 3 is 2.29 bits per heavy atom. The van der Waals surface area contributed by atoms with E-state index in [0.717, 1.165) is 61.2 Å². The van der Waals surface area contributed by atoms with Gasteiger partial charge in [-0.1, -0.05) is 54.4 Å². The maximum atomic E-state index is 10.6. The Kier molecular flexibility index (Phi) is 14.1. The van der Waals surface area contributed by atoms with Crippen molar-refractivity contribution >= 4 is 23.0 Å². The predicted molar refractivity (Wildman–Crippen MR) is 151 cm³/mol. The Hall–Kier alpha value is 0.588. The van der Waals surface area contributed by atoms with Gasteiger partial charge in [0.25, 0.3) is 0 Å². The zero-order chi connectivity index (χ0) is 25.5. The second-order valence-electron chi connectivity index (χ2n) is 13.8. The Labute approximate surface area is 265 Å². The minimum absolute atomic E-state index is 0. The molecular weight excluding hydrogens is 716 g/mol. The molecule has 0 aromatic carbocycles. The molecule has 4 nitrogen and oxygen atoms in total. The summed E-state index contributed by atoms with van der Waals surface area (Å²) in [7, 11) is 0. The molecule has 0 saturated heterocycles. The quantitative estimate of drug-likeness (QED) is 0.267. The third-order valence-corrected chi connectivity index (χ3v) is 12.1. The van der Waals surface area contributed by atoms with E-state index in [1.807, 2.05) is 0 Å². The predicted octanol–water partition coefficient (Wildman–Crippen LogP) is 0.909. The molecule has 10 atom stereocenters. The topological polar surface area (TPSA) is 70.6 Å². The van der Waals surface area contributed by atoms with Crippen molar-refractivity contribution in [1.29, 1.82) is 0 Å². The van der Waals surface area contributed by atoms with Gasteiger partial charge >= 0.3 is 21.1 Å². The van der Waals surface area contributed by atoms with Gasteiger partial charge < -0.3 is 35.7 Å². The Morgan fingerprint density at radius 2 is 1.68 bits per heavy atom. The minimum atomic E-state index is -0.206. The molecule has 0 amide bonds. The molecule has 0 bridgehead atoms. The zero-order valence-corrected chi connectivity index (χ0v) is 29.0. The Morgan fingerprint density at radius 1 is 1.05 bits per heavy atom. The van der Waals surface area contributed by atoms with Crippen LogP contribution < -0.4 is 36.0 Å². The number of rotatable bonds is 7. The van der Waals surface area contributed by atoms with Crippen LogP contribution in [0.1, 0.15) is 112 Å². The summed E-state index contributed by atoms with van der Waals surface area (Å²) in [4.78, 5) is 0. The molecule has 0 heterocycles. The van der Waals surface area contributed by atoms with Crippen molar-refractivity contribution in [1.82, 2.24) is 5.43 Å². The van der Waals surface area contributed by atoms with Gasteiger partial charge in [-0.25, -0.2) is 0 Å². The van der Waals surface area contributed by atoms with Gasteiger partial charge in [-0.3, -0.25) is 5.43 Å². The molecule has 3 unspecified atom stereocenters. The number of thiocarbonyl (C=S) groups is 1. The van der Waals surface area contributed by atoms with Crippen LogP contribution in [0.5, 0.6) is 0 Å². The number of hydrogen-bond acceptors (Lipinski definition) is 3. The summed E-state index contributed by atoms with van der Waals surface area (Å²) in [6.45, 7) is 14.9. The van der Waals surface area contributed by atoms with Crippen LogP contribution in [-0.4, -0.2) is 22.0 Å². The second kappa shape index (κ2) is 14.7. The molecule has 4 aliphatic carbocycles. The van der Waals surface area contributed by atoms with Crippen LogP contribution in [0.4, 0.5) is 0 Å². The number of nitrogens with zero attached hydrogens (tertiary/aromatic N) is 1. The van der Waals surface area contributed by atoms with Gasteiger partial charge in [0, 0.05) is 11.6 Å². The fraction of sp³-hybridized carbons (Fsp3) is 0.933. The molecule has 0 spiro atoms. The van der Waals surface area contributed by atoms with Crippen molar-refractivity contribution in [3.8, 4) is 0 Å². The van der Waals surface area contributed by atoms with E-state index in [-0.39, 0.29) is 62.5 Å². The number of halogens is 2. The van der Waals surface area contributed by atoms with Crippen LogP contribution in [0.2, 0.25) is 0 Å². The van der Waals surface area contributed by atoms with Crippen LogP contribution in [0.25, 0.3) is 0 Å². The maximum absolute atomic E-state index is 10.6. The molecule has 4 aliphatic rings. The number of nitrogens with one attached hydrogen (secondary N) is 1. The molecule has 4 fully saturated rings. The first kappa shape index (κ1) is 36.6. The van der Waals surface area contributed by atoms with Crippen molar-refractivity contribution in [2.45, 2.75) is 118 Å². The molecule has 0 aromatic rings. The summed E-state index contributed by atoms with van der Waals surface area (Å²) in [5.74, 6) is 5.93. The van der Waals surface area contributed by atoms with E-state index in [2.05, 4.69) is 47.0 Å². The van der Waals surface area contributed by atoms with Gasteiger partial charge in [0.05, 0.1) is 6.10 Å². The smallest absolute Gasteiger partial charge is 1.00 e. The first-order valence-electron chi connectivity index (χ1n) is 14.8.